The van der Waals surface area contributed by atoms with E-state index in [1.54, 1.807) is 25.1 Å². The number of nitrogens with one attached hydrogen (secondary N) is 1. The molecule has 0 aliphatic rings. The summed E-state index contributed by atoms with van der Waals surface area (Å²) in [5.41, 5.74) is 0.220. The van der Waals surface area contributed by atoms with E-state index < -0.39 is 34.1 Å². The third kappa shape index (κ3) is 4.92. The van der Waals surface area contributed by atoms with Crippen LogP contribution in [0.4, 0.5) is 20.2 Å². The number of ether oxygens (including phenoxy) is 1. The molecule has 6 nitrogen and oxygen atoms in total. The van der Waals surface area contributed by atoms with E-state index in [4.69, 9.17) is 4.74 Å². The molecule has 0 radical (unpaired) electrons. The van der Waals surface area contributed by atoms with Crippen LogP contribution in [0, 0.1) is 11.6 Å². The van der Waals surface area contributed by atoms with E-state index in [0.717, 1.165) is 22.7 Å². The molecule has 140 valence electrons. The number of halogens is 2. The van der Waals surface area contributed by atoms with Gasteiger partial charge in [-0.3, -0.25) is 9.10 Å². The molecule has 0 bridgehead atoms. The number of carbonyl (C=O) groups excluding carboxylic acids is 1. The number of amides is 1. The molecule has 0 aromatic heterocycles. The van der Waals surface area contributed by atoms with Gasteiger partial charge in [0, 0.05) is 11.8 Å². The largest absolute Gasteiger partial charge is 0.492 e. The van der Waals surface area contributed by atoms with Gasteiger partial charge in [0.2, 0.25) is 15.9 Å². The fourth-order valence-electron chi connectivity index (χ4n) is 2.23. The zero-order chi connectivity index (χ0) is 19.3. The van der Waals surface area contributed by atoms with Crippen molar-refractivity contribution in [2.75, 3.05) is 29.0 Å². The van der Waals surface area contributed by atoms with Crippen molar-refractivity contribution in [3.8, 4) is 5.75 Å². The third-order valence-electron chi connectivity index (χ3n) is 3.32. The Kier molecular flexibility index (Phi) is 6.14. The van der Waals surface area contributed by atoms with E-state index in [9.17, 15) is 22.0 Å². The van der Waals surface area contributed by atoms with Crippen molar-refractivity contribution in [2.45, 2.75) is 6.92 Å². The summed E-state index contributed by atoms with van der Waals surface area (Å²) < 4.78 is 56.8. The van der Waals surface area contributed by atoms with E-state index in [1.165, 1.54) is 12.1 Å². The van der Waals surface area contributed by atoms with Crippen LogP contribution in [0.15, 0.2) is 42.5 Å². The van der Waals surface area contributed by atoms with Crippen molar-refractivity contribution in [3.63, 3.8) is 0 Å². The number of anilines is 2. The first kappa shape index (κ1) is 19.6. The number of nitrogens with zero attached hydrogens (tertiary/aromatic N) is 1. The Bertz CT molecular complexity index is 903. The molecule has 2 rings (SSSR count). The topological polar surface area (TPSA) is 75.7 Å². The first-order chi connectivity index (χ1) is 12.2. The fourth-order valence-corrected chi connectivity index (χ4v) is 3.09. The smallest absolute Gasteiger partial charge is 0.245 e. The standard InChI is InChI=1S/C17H18F2N2O4S/c1-3-25-16-7-5-4-6-15(16)21(26(2,23)24)11-17(22)20-12-8-9-13(18)14(19)10-12/h4-10H,3,11H2,1-2H3,(H,20,22). The summed E-state index contributed by atoms with van der Waals surface area (Å²) >= 11 is 0. The van der Waals surface area contributed by atoms with Gasteiger partial charge in [-0.2, -0.15) is 0 Å². The van der Waals surface area contributed by atoms with Crippen LogP contribution >= 0.6 is 0 Å². The van der Waals surface area contributed by atoms with Crippen molar-refractivity contribution < 1.29 is 26.7 Å². The molecule has 1 amide bonds. The van der Waals surface area contributed by atoms with E-state index in [1.807, 2.05) is 0 Å². The normalized spacial score (nSPS) is 11.1. The van der Waals surface area contributed by atoms with Crippen LogP contribution in [0.3, 0.4) is 0 Å². The van der Waals surface area contributed by atoms with Crippen LogP contribution in [0.2, 0.25) is 0 Å². The second-order valence-corrected chi connectivity index (χ2v) is 7.25. The van der Waals surface area contributed by atoms with E-state index in [0.29, 0.717) is 12.4 Å². The Hall–Kier alpha value is -2.68. The van der Waals surface area contributed by atoms with Crippen LogP contribution in [-0.4, -0.2) is 33.7 Å². The fraction of sp³-hybridized carbons (Fsp3) is 0.235. The zero-order valence-corrected chi connectivity index (χ0v) is 15.0. The molecule has 0 aliphatic heterocycles. The Balaban J connectivity index is 2.26. The maximum Gasteiger partial charge on any atom is 0.245 e. The van der Waals surface area contributed by atoms with E-state index >= 15 is 0 Å². The van der Waals surface area contributed by atoms with Gasteiger partial charge in [0.05, 0.1) is 18.6 Å². The molecule has 0 saturated heterocycles. The van der Waals surface area contributed by atoms with Gasteiger partial charge in [0.15, 0.2) is 11.6 Å². The molecule has 0 atom stereocenters. The number of benzene rings is 2. The van der Waals surface area contributed by atoms with Crippen LogP contribution in [0.25, 0.3) is 0 Å². The molecular formula is C17H18F2N2O4S. The lowest BCUT2D eigenvalue weighted by Gasteiger charge is -2.24. The number of sulfonamides is 1. The van der Waals surface area contributed by atoms with Crippen LogP contribution in [0.1, 0.15) is 6.92 Å². The minimum atomic E-state index is -3.80. The number of rotatable bonds is 7. The van der Waals surface area contributed by atoms with Gasteiger partial charge in [-0.15, -0.1) is 0 Å². The Morgan fingerprint density at radius 3 is 2.46 bits per heavy atom. The highest BCUT2D eigenvalue weighted by Crippen LogP contribution is 2.29. The van der Waals surface area contributed by atoms with Gasteiger partial charge < -0.3 is 10.1 Å². The summed E-state index contributed by atoms with van der Waals surface area (Å²) in [6.45, 7) is 1.51. The van der Waals surface area contributed by atoms with E-state index in [-0.39, 0.29) is 11.4 Å². The quantitative estimate of drug-likeness (QED) is 0.797. The lowest BCUT2D eigenvalue weighted by atomic mass is 10.3. The van der Waals surface area contributed by atoms with Gasteiger partial charge in [-0.05, 0) is 31.2 Å². The van der Waals surface area contributed by atoms with Crippen LogP contribution in [0.5, 0.6) is 5.75 Å². The molecule has 0 spiro atoms. The third-order valence-corrected chi connectivity index (χ3v) is 4.45. The molecule has 1 N–H and O–H groups in total. The maximum absolute atomic E-state index is 13.2. The highest BCUT2D eigenvalue weighted by atomic mass is 32.2. The molecule has 0 saturated carbocycles. The highest BCUT2D eigenvalue weighted by Gasteiger charge is 2.24. The molecular weight excluding hydrogens is 366 g/mol. The molecule has 9 heteroatoms. The highest BCUT2D eigenvalue weighted by molar-refractivity contribution is 7.92. The Morgan fingerprint density at radius 1 is 1.15 bits per heavy atom. The van der Waals surface area contributed by atoms with Gasteiger partial charge in [0.1, 0.15) is 12.3 Å². The summed E-state index contributed by atoms with van der Waals surface area (Å²) in [6.07, 6.45) is 0.959. The minimum Gasteiger partial charge on any atom is -0.492 e. The second kappa shape index (κ2) is 8.13. The molecule has 0 fully saturated rings. The average molecular weight is 384 g/mol. The molecule has 0 unspecified atom stereocenters. The average Bonchev–Trinajstić information content (AvgIpc) is 2.56. The van der Waals surface area contributed by atoms with Gasteiger partial charge in [-0.25, -0.2) is 17.2 Å². The molecule has 2 aromatic rings. The number of carbonyl (C=O) groups is 1. The molecule has 2 aromatic carbocycles. The number of hydrogen-bond donors (Lipinski definition) is 1. The zero-order valence-electron chi connectivity index (χ0n) is 14.2. The predicted molar refractivity (Wildman–Crippen MR) is 94.8 cm³/mol. The minimum absolute atomic E-state index is 0.0143. The summed E-state index contributed by atoms with van der Waals surface area (Å²) in [5.74, 6) is -2.58. The van der Waals surface area contributed by atoms with Crippen LogP contribution < -0.4 is 14.4 Å². The first-order valence-electron chi connectivity index (χ1n) is 7.66. The van der Waals surface area contributed by atoms with Crippen molar-refractivity contribution >= 4 is 27.3 Å². The lowest BCUT2D eigenvalue weighted by molar-refractivity contribution is -0.114. The van der Waals surface area contributed by atoms with Crippen molar-refractivity contribution in [3.05, 3.63) is 54.1 Å². The molecule has 0 heterocycles. The molecule has 26 heavy (non-hydrogen) atoms. The van der Waals surface area contributed by atoms with E-state index in [2.05, 4.69) is 5.32 Å². The van der Waals surface area contributed by atoms with Crippen molar-refractivity contribution in [2.24, 2.45) is 0 Å². The lowest BCUT2D eigenvalue weighted by Crippen LogP contribution is -2.37. The monoisotopic (exact) mass is 384 g/mol. The van der Waals surface area contributed by atoms with Crippen molar-refractivity contribution in [1.29, 1.82) is 0 Å². The summed E-state index contributed by atoms with van der Waals surface area (Å²) in [5, 5.41) is 2.34. The van der Waals surface area contributed by atoms with Gasteiger partial charge in [0.25, 0.3) is 0 Å². The summed E-state index contributed by atoms with van der Waals surface area (Å²) in [4.78, 5) is 12.2. The van der Waals surface area contributed by atoms with Gasteiger partial charge in [-0.1, -0.05) is 12.1 Å². The van der Waals surface area contributed by atoms with Gasteiger partial charge >= 0.3 is 0 Å². The number of para-hydroxylation sites is 2. The Morgan fingerprint density at radius 2 is 1.85 bits per heavy atom. The predicted octanol–water partition coefficient (Wildman–Crippen LogP) is 2.77. The Labute approximate surface area is 150 Å². The first-order valence-corrected chi connectivity index (χ1v) is 9.51. The number of hydrogen-bond acceptors (Lipinski definition) is 4. The summed E-state index contributed by atoms with van der Waals surface area (Å²) in [7, 11) is -3.80. The second-order valence-electron chi connectivity index (χ2n) is 5.35. The van der Waals surface area contributed by atoms with Crippen LogP contribution in [-0.2, 0) is 14.8 Å². The maximum atomic E-state index is 13.2. The SMILES string of the molecule is CCOc1ccccc1N(CC(=O)Nc1ccc(F)c(F)c1)S(C)(=O)=O. The molecule has 0 aliphatic carbocycles. The van der Waals surface area contributed by atoms with Crippen molar-refractivity contribution in [1.82, 2.24) is 0 Å². The summed E-state index contributed by atoms with van der Waals surface area (Å²) in [6, 6.07) is 9.24.